The number of benzene rings is 3. The maximum Gasteiger partial charge on any atom is 0.278 e. The van der Waals surface area contributed by atoms with Gasteiger partial charge in [-0.05, 0) is 47.4 Å². The van der Waals surface area contributed by atoms with Gasteiger partial charge in [-0.2, -0.15) is 0 Å². The molecule has 0 spiro atoms. The predicted octanol–water partition coefficient (Wildman–Crippen LogP) is 5.10. The lowest BCUT2D eigenvalue weighted by molar-refractivity contribution is -0.0469. The molecular weight excluding hydrogens is 541 g/mol. The van der Waals surface area contributed by atoms with Crippen molar-refractivity contribution in [2.24, 2.45) is 0 Å². The summed E-state index contributed by atoms with van der Waals surface area (Å²) in [4.78, 5) is 30.4. The summed E-state index contributed by atoms with van der Waals surface area (Å²) in [6.07, 6.45) is 1.17. The van der Waals surface area contributed by atoms with Crippen LogP contribution in [0.2, 0.25) is 0 Å². The van der Waals surface area contributed by atoms with Crippen molar-refractivity contribution in [3.8, 4) is 5.75 Å². The number of fused-ring (bicyclic) bond motifs is 4. The molecule has 1 fully saturated rings. The van der Waals surface area contributed by atoms with Crippen molar-refractivity contribution < 1.29 is 18.7 Å². The van der Waals surface area contributed by atoms with Crippen LogP contribution in [0.5, 0.6) is 5.75 Å². The Kier molecular flexibility index (Phi) is 6.55. The molecule has 1 aromatic heterocycles. The van der Waals surface area contributed by atoms with E-state index >= 15 is 0 Å². The molecule has 7 rings (SSSR count). The van der Waals surface area contributed by atoms with E-state index in [9.17, 15) is 14.0 Å². The summed E-state index contributed by atoms with van der Waals surface area (Å²) in [5.41, 5.74) is 3.56. The summed E-state index contributed by atoms with van der Waals surface area (Å²) in [7, 11) is 0. The zero-order valence-electron chi connectivity index (χ0n) is 22.4. The molecule has 1 amide bonds. The van der Waals surface area contributed by atoms with Crippen LogP contribution in [0.3, 0.4) is 0 Å². The third-order valence-electron chi connectivity index (χ3n) is 7.94. The fourth-order valence-electron chi connectivity index (χ4n) is 6.08. The van der Waals surface area contributed by atoms with Gasteiger partial charge in [-0.3, -0.25) is 19.3 Å². The fourth-order valence-corrected chi connectivity index (χ4v) is 7.16. The number of ether oxygens (including phenoxy) is 2. The van der Waals surface area contributed by atoms with Crippen LogP contribution in [0.15, 0.2) is 94.7 Å². The molecule has 4 aromatic rings. The largest absolute Gasteiger partial charge is 0.482 e. The van der Waals surface area contributed by atoms with Gasteiger partial charge in [0.05, 0.1) is 25.3 Å². The number of morpholine rings is 1. The van der Waals surface area contributed by atoms with Crippen molar-refractivity contribution in [1.29, 1.82) is 0 Å². The highest BCUT2D eigenvalue weighted by Crippen LogP contribution is 2.44. The van der Waals surface area contributed by atoms with Gasteiger partial charge in [0.1, 0.15) is 18.6 Å². The molecule has 0 aliphatic carbocycles. The van der Waals surface area contributed by atoms with Gasteiger partial charge >= 0.3 is 0 Å². The van der Waals surface area contributed by atoms with Crippen molar-refractivity contribution in [3.05, 3.63) is 129 Å². The predicted molar refractivity (Wildman–Crippen MR) is 154 cm³/mol. The Morgan fingerprint density at radius 1 is 0.976 bits per heavy atom. The highest BCUT2D eigenvalue weighted by molar-refractivity contribution is 7.98. The van der Waals surface area contributed by atoms with E-state index in [-0.39, 0.29) is 47.9 Å². The summed E-state index contributed by atoms with van der Waals surface area (Å²) in [6.45, 7) is 2.76. The Bertz CT molecular complexity index is 1690. The van der Waals surface area contributed by atoms with Gasteiger partial charge in [0.25, 0.3) is 5.91 Å². The number of halogens is 1. The van der Waals surface area contributed by atoms with Gasteiger partial charge in [0.15, 0.2) is 11.4 Å². The monoisotopic (exact) mass is 569 g/mol. The van der Waals surface area contributed by atoms with E-state index in [0.717, 1.165) is 27.1 Å². The number of carbonyl (C=O) groups excluding carboxylic acids is 1. The molecule has 4 heterocycles. The molecule has 0 saturated carbocycles. The molecule has 9 heteroatoms. The second-order valence-corrected chi connectivity index (χ2v) is 11.5. The molecule has 3 atom stereocenters. The molecular formula is C32H28FN3O4S. The maximum absolute atomic E-state index is 14.5. The molecule has 3 aromatic carbocycles. The molecule has 0 bridgehead atoms. The summed E-state index contributed by atoms with van der Waals surface area (Å²) in [6, 6.07) is 23.4. The first-order valence-corrected chi connectivity index (χ1v) is 14.6. The standard InChI is InChI=1S/C32H28FN3O4S/c1-20-16-39-18-28-35(20)32(38)30-31(40-17-21-7-3-2-4-8-21)26(37)13-14-34(30)36(28)29-24-12-11-23(33)15-22(24)19-41-27-10-6-5-9-25(27)29/h2-15,20,28-29H,16-19H2,1H3/t20-,28+,29-/m0/s1. The molecule has 41 heavy (non-hydrogen) atoms. The van der Waals surface area contributed by atoms with Crippen LogP contribution in [0.1, 0.15) is 45.7 Å². The minimum atomic E-state index is -0.470. The Morgan fingerprint density at radius 3 is 2.63 bits per heavy atom. The SMILES string of the molecule is C[C@H]1COC[C@@H]2N1C(=O)c1c(OCc3ccccc3)c(=O)ccn1N2[C@H]1c2ccc(F)cc2CSc2ccccc21. The number of carbonyl (C=O) groups is 1. The second-order valence-electron chi connectivity index (χ2n) is 10.5. The van der Waals surface area contributed by atoms with E-state index < -0.39 is 12.2 Å². The van der Waals surface area contributed by atoms with Gasteiger partial charge in [-0.1, -0.05) is 54.6 Å². The van der Waals surface area contributed by atoms with E-state index in [2.05, 4.69) is 17.1 Å². The number of aromatic nitrogens is 1. The van der Waals surface area contributed by atoms with Crippen LogP contribution in [0, 0.1) is 5.82 Å². The van der Waals surface area contributed by atoms with Crippen molar-refractivity contribution in [1.82, 2.24) is 9.58 Å². The lowest BCUT2D eigenvalue weighted by atomic mass is 9.93. The zero-order chi connectivity index (χ0) is 28.1. The number of thioether (sulfide) groups is 1. The Hall–Kier alpha value is -4.08. The van der Waals surface area contributed by atoms with Crippen LogP contribution in [-0.2, 0) is 17.1 Å². The third kappa shape index (κ3) is 4.40. The minimum Gasteiger partial charge on any atom is -0.482 e. The number of hydrogen-bond donors (Lipinski definition) is 0. The Labute approximate surface area is 241 Å². The molecule has 7 nitrogen and oxygen atoms in total. The van der Waals surface area contributed by atoms with Crippen molar-refractivity contribution in [2.75, 3.05) is 18.2 Å². The van der Waals surface area contributed by atoms with Crippen molar-refractivity contribution in [2.45, 2.75) is 42.4 Å². The highest BCUT2D eigenvalue weighted by Gasteiger charge is 2.48. The smallest absolute Gasteiger partial charge is 0.278 e. The van der Waals surface area contributed by atoms with E-state index in [0.29, 0.717) is 12.4 Å². The van der Waals surface area contributed by atoms with E-state index in [4.69, 9.17) is 9.47 Å². The number of hydrogen-bond acceptors (Lipinski definition) is 6. The van der Waals surface area contributed by atoms with Gasteiger partial charge in [-0.25, -0.2) is 4.39 Å². The van der Waals surface area contributed by atoms with Crippen LogP contribution >= 0.6 is 11.8 Å². The van der Waals surface area contributed by atoms with Gasteiger partial charge in [0, 0.05) is 22.9 Å². The van der Waals surface area contributed by atoms with Gasteiger partial charge < -0.3 is 14.4 Å². The highest BCUT2D eigenvalue weighted by atomic mass is 32.2. The fraction of sp³-hybridized carbons (Fsp3) is 0.250. The Morgan fingerprint density at radius 2 is 1.78 bits per heavy atom. The average molecular weight is 570 g/mol. The van der Waals surface area contributed by atoms with E-state index in [1.165, 1.54) is 12.1 Å². The normalized spacial score (nSPS) is 21.3. The molecule has 0 N–H and O–H groups in total. The van der Waals surface area contributed by atoms with E-state index in [1.54, 1.807) is 33.6 Å². The first-order chi connectivity index (χ1) is 20.0. The molecule has 3 aliphatic heterocycles. The van der Waals surface area contributed by atoms with Crippen LogP contribution in [0.25, 0.3) is 0 Å². The average Bonchev–Trinajstić information content (AvgIpc) is 3.14. The molecule has 208 valence electrons. The van der Waals surface area contributed by atoms with Crippen LogP contribution < -0.4 is 15.2 Å². The summed E-state index contributed by atoms with van der Waals surface area (Å²) in [5.74, 6) is 0.0502. The quantitative estimate of drug-likeness (QED) is 0.341. The first-order valence-electron chi connectivity index (χ1n) is 13.6. The number of pyridine rings is 1. The van der Waals surface area contributed by atoms with Crippen LogP contribution in [-0.4, -0.2) is 40.9 Å². The number of amides is 1. The topological polar surface area (TPSA) is 64.0 Å². The lowest BCUT2D eigenvalue weighted by Gasteiger charge is -2.53. The molecule has 0 radical (unpaired) electrons. The summed E-state index contributed by atoms with van der Waals surface area (Å²) < 4.78 is 28.4. The second kappa shape index (κ2) is 10.4. The molecule has 1 saturated heterocycles. The third-order valence-corrected chi connectivity index (χ3v) is 9.07. The van der Waals surface area contributed by atoms with Gasteiger partial charge in [-0.15, -0.1) is 11.8 Å². The van der Waals surface area contributed by atoms with E-state index in [1.807, 2.05) is 55.5 Å². The summed E-state index contributed by atoms with van der Waals surface area (Å²) in [5, 5.41) is 2.10. The summed E-state index contributed by atoms with van der Waals surface area (Å²) >= 11 is 1.66. The van der Waals surface area contributed by atoms with Gasteiger partial charge in [0.2, 0.25) is 5.43 Å². The maximum atomic E-state index is 14.5. The Balaban J connectivity index is 1.45. The first kappa shape index (κ1) is 25.9. The zero-order valence-corrected chi connectivity index (χ0v) is 23.2. The number of nitrogens with zero attached hydrogens (tertiary/aromatic N) is 3. The van der Waals surface area contributed by atoms with Crippen molar-refractivity contribution in [3.63, 3.8) is 0 Å². The lowest BCUT2D eigenvalue weighted by Crippen LogP contribution is -2.68. The molecule has 3 aliphatic rings. The minimum absolute atomic E-state index is 0.0131. The van der Waals surface area contributed by atoms with Crippen molar-refractivity contribution >= 4 is 17.7 Å². The van der Waals surface area contributed by atoms with Crippen LogP contribution in [0.4, 0.5) is 4.39 Å². The number of rotatable bonds is 4. The molecule has 0 unspecified atom stereocenters.